The molecule has 0 unspecified atom stereocenters. The minimum atomic E-state index is -0.214. The predicted molar refractivity (Wildman–Crippen MR) is 125 cm³/mol. The molecule has 6 nitrogen and oxygen atoms in total. The average molecular weight is 423 g/mol. The summed E-state index contributed by atoms with van der Waals surface area (Å²) >= 11 is 0. The van der Waals surface area contributed by atoms with Gasteiger partial charge in [0.15, 0.2) is 0 Å². The Hall–Kier alpha value is -2.70. The quantitative estimate of drug-likeness (QED) is 0.652. The monoisotopic (exact) mass is 422 g/mol. The first-order valence-electron chi connectivity index (χ1n) is 11.1. The van der Waals surface area contributed by atoms with E-state index in [4.69, 9.17) is 0 Å². The molecule has 6 heteroatoms. The molecule has 0 atom stereocenters. The fourth-order valence-corrected chi connectivity index (χ4v) is 3.60. The Morgan fingerprint density at radius 1 is 0.839 bits per heavy atom. The third-order valence-electron chi connectivity index (χ3n) is 5.76. The first kappa shape index (κ1) is 23.0. The number of aryl methyl sites for hydroxylation is 2. The van der Waals surface area contributed by atoms with Crippen molar-refractivity contribution in [2.24, 2.45) is 0 Å². The van der Waals surface area contributed by atoms with Crippen molar-refractivity contribution in [3.63, 3.8) is 0 Å². The highest BCUT2D eigenvalue weighted by molar-refractivity contribution is 5.94. The van der Waals surface area contributed by atoms with Gasteiger partial charge in [-0.15, -0.1) is 0 Å². The Kier molecular flexibility index (Phi) is 8.62. The van der Waals surface area contributed by atoms with Crippen LogP contribution in [0.4, 0.5) is 5.69 Å². The van der Waals surface area contributed by atoms with Crippen molar-refractivity contribution in [2.45, 2.75) is 26.2 Å². The molecule has 1 heterocycles. The fourth-order valence-electron chi connectivity index (χ4n) is 3.60. The summed E-state index contributed by atoms with van der Waals surface area (Å²) < 4.78 is 0. The van der Waals surface area contributed by atoms with E-state index in [0.29, 0.717) is 12.8 Å². The van der Waals surface area contributed by atoms with Crippen LogP contribution in [0.25, 0.3) is 0 Å². The van der Waals surface area contributed by atoms with Crippen molar-refractivity contribution in [3.05, 3.63) is 65.2 Å². The van der Waals surface area contributed by atoms with Crippen LogP contribution in [0, 0.1) is 6.92 Å². The van der Waals surface area contributed by atoms with Crippen molar-refractivity contribution in [3.8, 4) is 0 Å². The van der Waals surface area contributed by atoms with E-state index in [1.807, 2.05) is 43.3 Å². The number of rotatable bonds is 9. The number of hydrogen-bond acceptors (Lipinski definition) is 4. The number of likely N-dealkylation sites (N-methyl/N-ethyl adjacent to an activating group) is 1. The molecule has 0 aliphatic carbocycles. The highest BCUT2D eigenvalue weighted by atomic mass is 16.2. The number of piperazine rings is 1. The molecule has 3 rings (SSSR count). The second kappa shape index (κ2) is 11.6. The molecule has 0 aromatic heterocycles. The zero-order valence-electron chi connectivity index (χ0n) is 18.7. The lowest BCUT2D eigenvalue weighted by molar-refractivity contribution is -0.124. The summed E-state index contributed by atoms with van der Waals surface area (Å²) in [6.07, 6.45) is 2.05. The molecule has 2 aromatic carbocycles. The number of nitrogens with zero attached hydrogens (tertiary/aromatic N) is 2. The van der Waals surface area contributed by atoms with Crippen LogP contribution in [0.2, 0.25) is 0 Å². The molecule has 1 fully saturated rings. The standard InChI is InChI=1S/C25H34N4O2/c1-20-3-5-21(6-4-20)9-12-24(30)26-19-25(31)27-23-10-7-22(8-11-23)13-14-29-17-15-28(2)16-18-29/h3-8,10-11H,9,12-19H2,1-2H3,(H,26,30)(H,27,31). The van der Waals surface area contributed by atoms with Crippen LogP contribution in [0.3, 0.4) is 0 Å². The van der Waals surface area contributed by atoms with E-state index >= 15 is 0 Å². The van der Waals surface area contributed by atoms with Gasteiger partial charge in [0.1, 0.15) is 0 Å². The minimum absolute atomic E-state index is 0.0160. The molecule has 2 aromatic rings. The topological polar surface area (TPSA) is 64.7 Å². The molecule has 0 radical (unpaired) electrons. The number of carbonyl (C=O) groups excluding carboxylic acids is 2. The van der Waals surface area contributed by atoms with Gasteiger partial charge in [0.05, 0.1) is 6.54 Å². The molecular weight excluding hydrogens is 388 g/mol. The van der Waals surface area contributed by atoms with Gasteiger partial charge in [-0.25, -0.2) is 0 Å². The first-order chi connectivity index (χ1) is 15.0. The van der Waals surface area contributed by atoms with Gasteiger partial charge in [-0.2, -0.15) is 0 Å². The maximum atomic E-state index is 12.1. The summed E-state index contributed by atoms with van der Waals surface area (Å²) in [5, 5.41) is 5.54. The zero-order valence-corrected chi connectivity index (χ0v) is 18.7. The smallest absolute Gasteiger partial charge is 0.243 e. The molecule has 1 aliphatic rings. The number of benzene rings is 2. The highest BCUT2D eigenvalue weighted by Crippen LogP contribution is 2.11. The van der Waals surface area contributed by atoms with Crippen LogP contribution in [-0.2, 0) is 22.4 Å². The van der Waals surface area contributed by atoms with Crippen molar-refractivity contribution in [2.75, 3.05) is 51.6 Å². The maximum absolute atomic E-state index is 12.1. The van der Waals surface area contributed by atoms with Crippen LogP contribution < -0.4 is 10.6 Å². The van der Waals surface area contributed by atoms with E-state index < -0.39 is 0 Å². The predicted octanol–water partition coefficient (Wildman–Crippen LogP) is 2.47. The summed E-state index contributed by atoms with van der Waals surface area (Å²) in [5.41, 5.74) is 4.34. The highest BCUT2D eigenvalue weighted by Gasteiger charge is 2.13. The first-order valence-corrected chi connectivity index (χ1v) is 11.1. The summed E-state index contributed by atoms with van der Waals surface area (Å²) in [7, 11) is 2.17. The number of anilines is 1. The van der Waals surface area contributed by atoms with E-state index in [2.05, 4.69) is 39.6 Å². The number of nitrogens with one attached hydrogen (secondary N) is 2. The van der Waals surface area contributed by atoms with Crippen molar-refractivity contribution in [1.82, 2.24) is 15.1 Å². The van der Waals surface area contributed by atoms with Gasteiger partial charge in [-0.05, 0) is 50.1 Å². The normalized spacial score (nSPS) is 14.9. The van der Waals surface area contributed by atoms with Gasteiger partial charge in [-0.3, -0.25) is 9.59 Å². The summed E-state index contributed by atoms with van der Waals surface area (Å²) in [6, 6.07) is 16.1. The van der Waals surface area contributed by atoms with Gasteiger partial charge in [0.25, 0.3) is 0 Å². The molecule has 1 saturated heterocycles. The van der Waals surface area contributed by atoms with Crippen molar-refractivity contribution in [1.29, 1.82) is 0 Å². The van der Waals surface area contributed by atoms with Crippen LogP contribution in [0.5, 0.6) is 0 Å². The van der Waals surface area contributed by atoms with Gasteiger partial charge in [0.2, 0.25) is 11.8 Å². The van der Waals surface area contributed by atoms with Crippen LogP contribution >= 0.6 is 0 Å². The number of amides is 2. The Bertz CT molecular complexity index is 841. The molecule has 0 bridgehead atoms. The second-order valence-corrected chi connectivity index (χ2v) is 8.40. The zero-order chi connectivity index (χ0) is 22.1. The lowest BCUT2D eigenvalue weighted by Gasteiger charge is -2.32. The molecule has 1 aliphatic heterocycles. The van der Waals surface area contributed by atoms with Crippen molar-refractivity contribution >= 4 is 17.5 Å². The van der Waals surface area contributed by atoms with E-state index in [9.17, 15) is 9.59 Å². The largest absolute Gasteiger partial charge is 0.347 e. The van der Waals surface area contributed by atoms with Gasteiger partial charge in [0, 0.05) is 44.8 Å². The Balaban J connectivity index is 1.33. The molecule has 31 heavy (non-hydrogen) atoms. The molecular formula is C25H34N4O2. The Morgan fingerprint density at radius 3 is 2.13 bits per heavy atom. The molecule has 2 N–H and O–H groups in total. The molecule has 2 amide bonds. The fraction of sp³-hybridized carbons (Fsp3) is 0.440. The van der Waals surface area contributed by atoms with E-state index in [0.717, 1.165) is 50.4 Å². The van der Waals surface area contributed by atoms with E-state index in [-0.39, 0.29) is 18.4 Å². The van der Waals surface area contributed by atoms with Gasteiger partial charge in [-0.1, -0.05) is 42.0 Å². The number of hydrogen-bond donors (Lipinski definition) is 2. The molecule has 166 valence electrons. The second-order valence-electron chi connectivity index (χ2n) is 8.40. The Morgan fingerprint density at radius 2 is 1.45 bits per heavy atom. The van der Waals surface area contributed by atoms with E-state index in [1.54, 1.807) is 0 Å². The molecule has 0 saturated carbocycles. The SMILES string of the molecule is Cc1ccc(CCC(=O)NCC(=O)Nc2ccc(CCN3CCN(C)CC3)cc2)cc1. The van der Waals surface area contributed by atoms with Crippen LogP contribution in [0.1, 0.15) is 23.1 Å². The minimum Gasteiger partial charge on any atom is -0.347 e. The van der Waals surface area contributed by atoms with Crippen molar-refractivity contribution < 1.29 is 9.59 Å². The summed E-state index contributed by atoms with van der Waals surface area (Å²) in [5.74, 6) is -0.330. The third-order valence-corrected chi connectivity index (χ3v) is 5.76. The average Bonchev–Trinajstić information content (AvgIpc) is 2.78. The van der Waals surface area contributed by atoms with Gasteiger partial charge < -0.3 is 20.4 Å². The number of carbonyl (C=O) groups is 2. The van der Waals surface area contributed by atoms with Crippen LogP contribution in [0.15, 0.2) is 48.5 Å². The lowest BCUT2D eigenvalue weighted by Crippen LogP contribution is -2.45. The summed E-state index contributed by atoms with van der Waals surface area (Å²) in [6.45, 7) is 7.60. The third kappa shape index (κ3) is 8.15. The van der Waals surface area contributed by atoms with Crippen LogP contribution in [-0.4, -0.2) is 67.9 Å². The maximum Gasteiger partial charge on any atom is 0.243 e. The summed E-state index contributed by atoms with van der Waals surface area (Å²) in [4.78, 5) is 29.0. The lowest BCUT2D eigenvalue weighted by atomic mass is 10.1. The van der Waals surface area contributed by atoms with E-state index in [1.165, 1.54) is 11.1 Å². The molecule has 0 spiro atoms. The Labute approximate surface area is 185 Å². The van der Waals surface area contributed by atoms with Gasteiger partial charge >= 0.3 is 0 Å².